The number of rotatable bonds is 4. The van der Waals surface area contributed by atoms with Crippen molar-refractivity contribution in [2.24, 2.45) is 10.8 Å². The molecule has 0 spiro atoms. The topological polar surface area (TPSA) is 26.3 Å². The number of allylic oxidation sites excluding steroid dienone is 5. The molecule has 0 bridgehead atoms. The predicted octanol–water partition coefficient (Wildman–Crippen LogP) is 6.24. The average molecular weight is 321 g/mol. The van der Waals surface area contributed by atoms with Crippen molar-refractivity contribution < 1.29 is 9.53 Å². The molecule has 0 fully saturated rings. The quantitative estimate of drug-likeness (QED) is 0.452. The molecular weight excluding hydrogens is 284 g/mol. The van der Waals surface area contributed by atoms with Crippen LogP contribution in [0.5, 0.6) is 0 Å². The number of carbonyl (C=O) groups excluding carboxylic acids is 1. The molecule has 0 amide bonds. The maximum atomic E-state index is 12.7. The summed E-state index contributed by atoms with van der Waals surface area (Å²) < 4.78 is 5.61. The van der Waals surface area contributed by atoms with Gasteiger partial charge in [0.15, 0.2) is 5.78 Å². The Morgan fingerprint density at radius 2 is 1.39 bits per heavy atom. The van der Waals surface area contributed by atoms with Crippen molar-refractivity contribution in [3.8, 4) is 0 Å². The number of hydrogen-bond donors (Lipinski definition) is 0. The second-order valence-electron chi connectivity index (χ2n) is 7.79. The van der Waals surface area contributed by atoms with E-state index >= 15 is 0 Å². The highest BCUT2D eigenvalue weighted by Crippen LogP contribution is 2.38. The van der Waals surface area contributed by atoms with Crippen molar-refractivity contribution in [3.05, 3.63) is 35.1 Å². The normalized spacial score (nSPS) is 15.3. The van der Waals surface area contributed by atoms with Gasteiger partial charge in [-0.2, -0.15) is 0 Å². The van der Waals surface area contributed by atoms with E-state index in [1.54, 1.807) is 6.26 Å². The predicted molar refractivity (Wildman–Crippen MR) is 100 cm³/mol. The fourth-order valence-corrected chi connectivity index (χ4v) is 2.22. The van der Waals surface area contributed by atoms with E-state index in [-0.39, 0.29) is 16.6 Å². The lowest BCUT2D eigenvalue weighted by Crippen LogP contribution is -2.27. The van der Waals surface area contributed by atoms with Crippen LogP contribution in [0.4, 0.5) is 0 Å². The molecule has 0 N–H and O–H groups in total. The lowest BCUT2D eigenvalue weighted by atomic mass is 9.72. The van der Waals surface area contributed by atoms with Gasteiger partial charge in [-0.15, -0.1) is 0 Å². The van der Waals surface area contributed by atoms with Gasteiger partial charge in [0.05, 0.1) is 12.9 Å². The third-order valence-corrected chi connectivity index (χ3v) is 3.56. The summed E-state index contributed by atoms with van der Waals surface area (Å²) in [5, 5.41) is 0. The summed E-state index contributed by atoms with van der Waals surface area (Å²) in [5.41, 5.74) is 2.38. The minimum atomic E-state index is -0.162. The van der Waals surface area contributed by atoms with Crippen LogP contribution in [0.1, 0.15) is 75.2 Å². The van der Waals surface area contributed by atoms with Crippen LogP contribution in [0.2, 0.25) is 0 Å². The fourth-order valence-electron chi connectivity index (χ4n) is 2.22. The molecule has 0 saturated heterocycles. The Balaban J connectivity index is 0.00000232. The van der Waals surface area contributed by atoms with Crippen LogP contribution in [0, 0.1) is 10.8 Å². The van der Waals surface area contributed by atoms with Crippen LogP contribution in [0.15, 0.2) is 35.1 Å². The van der Waals surface area contributed by atoms with Crippen molar-refractivity contribution >= 4 is 5.78 Å². The monoisotopic (exact) mass is 320 g/mol. The number of ketones is 1. The standard InChI is InChI=1S/C19H30O2.C2H6/c1-8-9-10-21-13-14-11-15(18(2,3)4)17(20)16(12-14)19(5,6)7;1-2/h11-13H,8-10H2,1-7H3;1-2H3. The first kappa shape index (κ1) is 21.7. The summed E-state index contributed by atoms with van der Waals surface area (Å²) in [6, 6.07) is 0. The molecule has 2 nitrogen and oxygen atoms in total. The first-order valence-corrected chi connectivity index (χ1v) is 8.88. The smallest absolute Gasteiger partial charge is 0.186 e. The Morgan fingerprint density at radius 1 is 0.957 bits per heavy atom. The number of unbranched alkanes of at least 4 members (excludes halogenated alkanes) is 1. The Hall–Kier alpha value is -1.31. The fraction of sp³-hybridized carbons (Fsp3) is 0.667. The molecule has 1 aliphatic rings. The second-order valence-corrected chi connectivity index (χ2v) is 7.79. The zero-order chi connectivity index (χ0) is 18.3. The summed E-state index contributed by atoms with van der Waals surface area (Å²) in [4.78, 5) is 12.7. The molecule has 0 aliphatic heterocycles. The van der Waals surface area contributed by atoms with Gasteiger partial charge < -0.3 is 4.74 Å². The van der Waals surface area contributed by atoms with Gasteiger partial charge >= 0.3 is 0 Å². The highest BCUT2D eigenvalue weighted by molar-refractivity contribution is 6.11. The van der Waals surface area contributed by atoms with Crippen LogP contribution >= 0.6 is 0 Å². The minimum absolute atomic E-state index is 0.162. The first-order valence-electron chi connectivity index (χ1n) is 8.88. The van der Waals surface area contributed by atoms with Crippen LogP contribution in [0.25, 0.3) is 0 Å². The average Bonchev–Trinajstić information content (AvgIpc) is 2.44. The third kappa shape index (κ3) is 6.76. The zero-order valence-electron chi connectivity index (χ0n) is 16.7. The molecule has 0 atom stereocenters. The van der Waals surface area contributed by atoms with Crippen LogP contribution in [-0.2, 0) is 9.53 Å². The minimum Gasteiger partial charge on any atom is -0.501 e. The lowest BCUT2D eigenvalue weighted by Gasteiger charge is -2.31. The van der Waals surface area contributed by atoms with E-state index in [9.17, 15) is 4.79 Å². The van der Waals surface area contributed by atoms with E-state index in [2.05, 4.69) is 48.5 Å². The molecule has 0 heterocycles. The van der Waals surface area contributed by atoms with E-state index in [0.717, 1.165) is 36.2 Å². The van der Waals surface area contributed by atoms with Gasteiger partial charge in [-0.3, -0.25) is 4.79 Å². The van der Waals surface area contributed by atoms with Crippen LogP contribution in [0.3, 0.4) is 0 Å². The molecule has 23 heavy (non-hydrogen) atoms. The summed E-state index contributed by atoms with van der Waals surface area (Å²) in [6.07, 6.45) is 7.91. The van der Waals surface area contributed by atoms with Crippen LogP contribution < -0.4 is 0 Å². The van der Waals surface area contributed by atoms with E-state index in [1.165, 1.54) is 0 Å². The van der Waals surface area contributed by atoms with E-state index in [4.69, 9.17) is 4.74 Å². The zero-order valence-corrected chi connectivity index (χ0v) is 16.7. The third-order valence-electron chi connectivity index (χ3n) is 3.56. The van der Waals surface area contributed by atoms with Gasteiger partial charge in [0.25, 0.3) is 0 Å². The van der Waals surface area contributed by atoms with E-state index in [0.29, 0.717) is 0 Å². The summed E-state index contributed by atoms with van der Waals surface area (Å²) in [5.74, 6) is 0.167. The Kier molecular flexibility index (Phi) is 8.58. The molecule has 0 aromatic rings. The highest BCUT2D eigenvalue weighted by atomic mass is 16.5. The second kappa shape index (κ2) is 9.10. The Bertz CT molecular complexity index is 441. The van der Waals surface area contributed by atoms with Crippen molar-refractivity contribution in [2.45, 2.75) is 75.2 Å². The van der Waals surface area contributed by atoms with Crippen molar-refractivity contribution in [1.29, 1.82) is 0 Å². The van der Waals surface area contributed by atoms with Crippen molar-refractivity contribution in [1.82, 2.24) is 0 Å². The highest BCUT2D eigenvalue weighted by Gasteiger charge is 2.33. The molecule has 132 valence electrons. The van der Waals surface area contributed by atoms with Gasteiger partial charge in [0.2, 0.25) is 0 Å². The van der Waals surface area contributed by atoms with Gasteiger partial charge in [-0.25, -0.2) is 0 Å². The Labute approximate surface area is 143 Å². The summed E-state index contributed by atoms with van der Waals surface area (Å²) in [7, 11) is 0. The maximum Gasteiger partial charge on any atom is 0.186 e. The van der Waals surface area contributed by atoms with Gasteiger partial charge in [0, 0.05) is 16.7 Å². The van der Waals surface area contributed by atoms with Gasteiger partial charge in [-0.1, -0.05) is 68.7 Å². The van der Waals surface area contributed by atoms with Crippen molar-refractivity contribution in [3.63, 3.8) is 0 Å². The summed E-state index contributed by atoms with van der Waals surface area (Å²) >= 11 is 0. The summed E-state index contributed by atoms with van der Waals surface area (Å²) in [6.45, 7) is 19.4. The number of hydrogen-bond acceptors (Lipinski definition) is 2. The molecule has 1 aliphatic carbocycles. The van der Waals surface area contributed by atoms with E-state index in [1.807, 2.05) is 26.0 Å². The first-order chi connectivity index (χ1) is 10.6. The SMILES string of the molecule is CC.CCCCOC=C1C=C(C(C)(C)C)C(=O)C(C(C)(C)C)=C1. The lowest BCUT2D eigenvalue weighted by molar-refractivity contribution is -0.114. The molecule has 0 saturated carbocycles. The maximum absolute atomic E-state index is 12.7. The molecule has 2 heteroatoms. The molecule has 0 radical (unpaired) electrons. The number of carbonyl (C=O) groups is 1. The van der Waals surface area contributed by atoms with Gasteiger partial charge in [0.1, 0.15) is 0 Å². The molecule has 0 aromatic carbocycles. The van der Waals surface area contributed by atoms with Gasteiger partial charge in [-0.05, 0) is 29.4 Å². The molecule has 1 rings (SSSR count). The number of ether oxygens (including phenoxy) is 1. The van der Waals surface area contributed by atoms with E-state index < -0.39 is 0 Å². The molecule has 0 aromatic heterocycles. The van der Waals surface area contributed by atoms with Crippen LogP contribution in [-0.4, -0.2) is 12.4 Å². The Morgan fingerprint density at radius 3 is 1.74 bits per heavy atom. The largest absolute Gasteiger partial charge is 0.501 e. The molecule has 0 unspecified atom stereocenters. The number of Topliss-reactive ketones (excluding diaryl/α,β-unsaturated/α-hetero) is 1. The molecular formula is C21H36O2. The van der Waals surface area contributed by atoms with Crippen molar-refractivity contribution in [2.75, 3.05) is 6.61 Å².